The van der Waals surface area contributed by atoms with Gasteiger partial charge in [0.25, 0.3) is 0 Å². The van der Waals surface area contributed by atoms with Crippen molar-refractivity contribution >= 4 is 33.7 Å². The number of esters is 2. The van der Waals surface area contributed by atoms with Gasteiger partial charge in [0.2, 0.25) is 0 Å². The molecule has 1 aliphatic carbocycles. The summed E-state index contributed by atoms with van der Waals surface area (Å²) in [5, 5.41) is 1.87. The Morgan fingerprint density at radius 3 is 1.70 bits per heavy atom. The van der Waals surface area contributed by atoms with E-state index in [9.17, 15) is 9.59 Å². The number of fused-ring (bicyclic) bond motifs is 7. The molecule has 6 nitrogen and oxygen atoms in total. The number of hydrogen-bond donors (Lipinski definition) is 0. The summed E-state index contributed by atoms with van der Waals surface area (Å²) in [4.78, 5) is 26.2. The molecule has 0 unspecified atom stereocenters. The van der Waals surface area contributed by atoms with Crippen molar-refractivity contribution < 1.29 is 19.1 Å². The van der Waals surface area contributed by atoms with Crippen LogP contribution in [0.15, 0.2) is 48.5 Å². The van der Waals surface area contributed by atoms with Gasteiger partial charge in [0.15, 0.2) is 0 Å². The van der Waals surface area contributed by atoms with E-state index in [1.165, 1.54) is 14.2 Å². The summed E-state index contributed by atoms with van der Waals surface area (Å²) in [5.74, 6) is -0.916. The lowest BCUT2D eigenvalue weighted by Crippen LogP contribution is -2.39. The van der Waals surface area contributed by atoms with Gasteiger partial charge in [-0.3, -0.25) is 9.59 Å². The number of ether oxygens (including phenoxy) is 2. The lowest BCUT2D eigenvalue weighted by Gasteiger charge is -2.27. The zero-order chi connectivity index (χ0) is 21.2. The molecular formula is C24H22N2O4. The standard InChI is InChI=1S/C24H22N2O4/c1-25-16-11-7-5-9-14(16)19-21(25)22-20(15-10-6-8-12-17(15)26(22)2)24(19,23(28)30-4)13-18(27)29-3/h5-12H,13H2,1-4H3. The first-order chi connectivity index (χ1) is 14.5. The fraction of sp³-hybridized carbons (Fsp3) is 0.250. The Hall–Kier alpha value is -3.54. The first kappa shape index (κ1) is 18.5. The van der Waals surface area contributed by atoms with E-state index in [0.717, 1.165) is 44.3 Å². The summed E-state index contributed by atoms with van der Waals surface area (Å²) in [5.41, 5.74) is 4.19. The predicted molar refractivity (Wildman–Crippen MR) is 114 cm³/mol. The van der Waals surface area contributed by atoms with Crippen molar-refractivity contribution in [2.45, 2.75) is 11.8 Å². The van der Waals surface area contributed by atoms with Crippen molar-refractivity contribution in [1.82, 2.24) is 9.13 Å². The van der Waals surface area contributed by atoms with Gasteiger partial charge in [0.05, 0.1) is 32.0 Å². The third-order valence-electron chi connectivity index (χ3n) is 6.46. The maximum atomic E-state index is 13.6. The Labute approximate surface area is 173 Å². The number of carbonyl (C=O) groups is 2. The average molecular weight is 402 g/mol. The van der Waals surface area contributed by atoms with E-state index >= 15 is 0 Å². The van der Waals surface area contributed by atoms with Crippen LogP contribution in [-0.4, -0.2) is 35.3 Å². The number of carbonyl (C=O) groups excluding carboxylic acids is 2. The summed E-state index contributed by atoms with van der Waals surface area (Å²) < 4.78 is 14.6. The minimum Gasteiger partial charge on any atom is -0.469 e. The van der Waals surface area contributed by atoms with Gasteiger partial charge < -0.3 is 18.6 Å². The Balaban J connectivity index is 2.05. The second kappa shape index (κ2) is 6.23. The number of rotatable bonds is 3. The van der Waals surface area contributed by atoms with E-state index in [-0.39, 0.29) is 6.42 Å². The third kappa shape index (κ3) is 2.03. The molecule has 0 spiro atoms. The Bertz CT molecular complexity index is 1270. The van der Waals surface area contributed by atoms with E-state index in [0.29, 0.717) is 0 Å². The Morgan fingerprint density at radius 2 is 1.27 bits per heavy atom. The number of aromatic nitrogens is 2. The summed E-state index contributed by atoms with van der Waals surface area (Å²) in [6.45, 7) is 0. The van der Waals surface area contributed by atoms with E-state index in [1.54, 1.807) is 0 Å². The lowest BCUT2D eigenvalue weighted by atomic mass is 9.74. The van der Waals surface area contributed by atoms with Gasteiger partial charge in [-0.1, -0.05) is 36.4 Å². The SMILES string of the molecule is COC(=O)CC1(C(=O)OC)c2c(n(C)c3ccccc23)-c2c1c1ccccc1n2C. The van der Waals surface area contributed by atoms with Gasteiger partial charge in [-0.05, 0) is 12.1 Å². The van der Waals surface area contributed by atoms with Crippen molar-refractivity contribution in [3.05, 3.63) is 59.7 Å². The van der Waals surface area contributed by atoms with Crippen molar-refractivity contribution in [2.24, 2.45) is 14.1 Å². The van der Waals surface area contributed by atoms with Crippen LogP contribution in [-0.2, 0) is 38.6 Å². The highest BCUT2D eigenvalue weighted by Gasteiger charge is 2.56. The first-order valence-corrected chi connectivity index (χ1v) is 9.78. The summed E-state index contributed by atoms with van der Waals surface area (Å²) in [7, 11) is 6.70. The maximum absolute atomic E-state index is 13.6. The van der Waals surface area contributed by atoms with Gasteiger partial charge in [-0.25, -0.2) is 0 Å². The fourth-order valence-corrected chi connectivity index (χ4v) is 5.25. The molecule has 2 heterocycles. The highest BCUT2D eigenvalue weighted by molar-refractivity contribution is 6.12. The number of hydrogen-bond acceptors (Lipinski definition) is 4. The molecule has 5 rings (SSSR count). The fourth-order valence-electron chi connectivity index (χ4n) is 5.25. The smallest absolute Gasteiger partial charge is 0.321 e. The highest BCUT2D eigenvalue weighted by atomic mass is 16.5. The van der Waals surface area contributed by atoms with Gasteiger partial charge in [0.1, 0.15) is 5.41 Å². The highest BCUT2D eigenvalue weighted by Crippen LogP contribution is 2.57. The van der Waals surface area contributed by atoms with E-state index < -0.39 is 17.4 Å². The van der Waals surface area contributed by atoms with E-state index in [4.69, 9.17) is 9.47 Å². The van der Waals surface area contributed by atoms with Crippen LogP contribution in [0.25, 0.3) is 33.2 Å². The molecule has 6 heteroatoms. The minimum atomic E-state index is -1.28. The predicted octanol–water partition coefficient (Wildman–Crippen LogP) is 3.67. The summed E-state index contributed by atoms with van der Waals surface area (Å²) in [6.07, 6.45) is -0.127. The molecule has 0 aliphatic heterocycles. The molecule has 1 aliphatic rings. The molecule has 0 fully saturated rings. The van der Waals surface area contributed by atoms with Crippen LogP contribution in [0.2, 0.25) is 0 Å². The third-order valence-corrected chi connectivity index (χ3v) is 6.46. The van der Waals surface area contributed by atoms with Crippen molar-refractivity contribution in [3.63, 3.8) is 0 Å². The van der Waals surface area contributed by atoms with Crippen molar-refractivity contribution in [2.75, 3.05) is 14.2 Å². The zero-order valence-electron chi connectivity index (χ0n) is 17.4. The molecule has 0 atom stereocenters. The largest absolute Gasteiger partial charge is 0.469 e. The molecule has 0 N–H and O–H groups in total. The number of nitrogens with zero attached hydrogens (tertiary/aromatic N) is 2. The molecule has 0 saturated heterocycles. The molecule has 0 saturated carbocycles. The van der Waals surface area contributed by atoms with Gasteiger partial charge >= 0.3 is 11.9 Å². The van der Waals surface area contributed by atoms with Gasteiger partial charge in [0, 0.05) is 47.0 Å². The number of benzene rings is 2. The summed E-state index contributed by atoms with van der Waals surface area (Å²) >= 11 is 0. The van der Waals surface area contributed by atoms with Crippen LogP contribution >= 0.6 is 0 Å². The molecular weight excluding hydrogens is 380 g/mol. The van der Waals surface area contributed by atoms with Crippen LogP contribution in [0.5, 0.6) is 0 Å². The molecule has 152 valence electrons. The molecule has 2 aromatic carbocycles. The van der Waals surface area contributed by atoms with Crippen molar-refractivity contribution in [1.29, 1.82) is 0 Å². The van der Waals surface area contributed by atoms with Crippen LogP contribution in [0.3, 0.4) is 0 Å². The second-order valence-electron chi connectivity index (χ2n) is 7.75. The van der Waals surface area contributed by atoms with E-state index in [2.05, 4.69) is 9.13 Å². The van der Waals surface area contributed by atoms with Gasteiger partial charge in [-0.2, -0.15) is 0 Å². The average Bonchev–Trinajstić information content (AvgIpc) is 3.35. The first-order valence-electron chi connectivity index (χ1n) is 9.78. The molecule has 30 heavy (non-hydrogen) atoms. The Morgan fingerprint density at radius 1 is 0.800 bits per heavy atom. The zero-order valence-corrected chi connectivity index (χ0v) is 17.4. The van der Waals surface area contributed by atoms with Crippen LogP contribution in [0, 0.1) is 0 Å². The Kier molecular flexibility index (Phi) is 3.84. The van der Waals surface area contributed by atoms with Crippen LogP contribution < -0.4 is 0 Å². The molecule has 4 aromatic rings. The number of aryl methyl sites for hydroxylation is 2. The molecule has 2 aromatic heterocycles. The number of para-hydroxylation sites is 2. The van der Waals surface area contributed by atoms with E-state index in [1.807, 2.05) is 62.6 Å². The topological polar surface area (TPSA) is 62.5 Å². The lowest BCUT2D eigenvalue weighted by molar-refractivity contribution is -0.152. The maximum Gasteiger partial charge on any atom is 0.321 e. The minimum absolute atomic E-state index is 0.127. The van der Waals surface area contributed by atoms with Crippen LogP contribution in [0.1, 0.15) is 17.5 Å². The van der Waals surface area contributed by atoms with Gasteiger partial charge in [-0.15, -0.1) is 0 Å². The van der Waals surface area contributed by atoms with Crippen LogP contribution in [0.4, 0.5) is 0 Å². The molecule has 0 radical (unpaired) electrons. The second-order valence-corrected chi connectivity index (χ2v) is 7.75. The quantitative estimate of drug-likeness (QED) is 0.491. The normalized spacial score (nSPS) is 14.0. The number of methoxy groups -OCH3 is 2. The molecule has 0 amide bonds. The summed E-state index contributed by atoms with van der Waals surface area (Å²) in [6, 6.07) is 15.9. The monoisotopic (exact) mass is 402 g/mol. The molecule has 0 bridgehead atoms. The van der Waals surface area contributed by atoms with Crippen molar-refractivity contribution in [3.8, 4) is 11.4 Å².